The van der Waals surface area contributed by atoms with E-state index in [0.717, 1.165) is 46.9 Å². The number of aromatic amines is 1. The molecule has 1 unspecified atom stereocenters. The second kappa shape index (κ2) is 5.68. The number of piperazine rings is 1. The van der Waals surface area contributed by atoms with Gasteiger partial charge < -0.3 is 10.3 Å². The Morgan fingerprint density at radius 1 is 1.40 bits per heavy atom. The fourth-order valence-corrected chi connectivity index (χ4v) is 3.07. The van der Waals surface area contributed by atoms with Gasteiger partial charge in [-0.05, 0) is 26.1 Å². The summed E-state index contributed by atoms with van der Waals surface area (Å²) in [7, 11) is 2.15. The Kier molecular flexibility index (Phi) is 3.92. The van der Waals surface area contributed by atoms with E-state index in [1.807, 2.05) is 12.1 Å². The van der Waals surface area contributed by atoms with Crippen LogP contribution in [0.4, 0.5) is 0 Å². The van der Waals surface area contributed by atoms with Crippen molar-refractivity contribution in [3.63, 3.8) is 0 Å². The van der Waals surface area contributed by atoms with E-state index in [1.54, 1.807) is 0 Å². The van der Waals surface area contributed by atoms with Gasteiger partial charge >= 0.3 is 0 Å². The number of H-pyrrole nitrogens is 1. The third kappa shape index (κ3) is 2.66. The topological polar surface area (TPSA) is 44.0 Å². The molecule has 4 nitrogen and oxygen atoms in total. The summed E-state index contributed by atoms with van der Waals surface area (Å²) in [6.07, 6.45) is 0. The number of hydrogen-bond donors (Lipinski definition) is 2. The van der Waals surface area contributed by atoms with Crippen molar-refractivity contribution in [3.8, 4) is 11.3 Å². The molecular weight excluding hydrogens is 316 g/mol. The molecule has 1 fully saturated rings. The lowest BCUT2D eigenvalue weighted by Crippen LogP contribution is -2.44. The van der Waals surface area contributed by atoms with Gasteiger partial charge in [-0.15, -0.1) is 0 Å². The molecule has 0 amide bonds. The zero-order valence-corrected chi connectivity index (χ0v) is 13.4. The molecule has 5 heteroatoms. The van der Waals surface area contributed by atoms with Crippen molar-refractivity contribution in [3.05, 3.63) is 40.3 Å². The minimum Gasteiger partial charge on any atom is -0.344 e. The largest absolute Gasteiger partial charge is 0.344 e. The molecule has 0 aliphatic carbocycles. The van der Waals surface area contributed by atoms with E-state index in [4.69, 9.17) is 4.98 Å². The normalized spacial score (nSPS) is 20.2. The molecule has 2 aromatic rings. The second-order valence-corrected chi connectivity index (χ2v) is 6.22. The number of rotatable bonds is 2. The van der Waals surface area contributed by atoms with Crippen LogP contribution in [0.15, 0.2) is 28.7 Å². The van der Waals surface area contributed by atoms with Crippen molar-refractivity contribution in [2.24, 2.45) is 0 Å². The fourth-order valence-electron chi connectivity index (χ4n) is 2.67. The molecule has 2 heterocycles. The number of imidazole rings is 1. The van der Waals surface area contributed by atoms with Crippen LogP contribution in [0.2, 0.25) is 0 Å². The lowest BCUT2D eigenvalue weighted by Gasteiger charge is -2.31. The third-order valence-electron chi connectivity index (χ3n) is 3.83. The van der Waals surface area contributed by atoms with E-state index in [1.165, 1.54) is 0 Å². The van der Waals surface area contributed by atoms with E-state index in [-0.39, 0.29) is 0 Å². The number of halogens is 1. The number of nitrogens with zero attached hydrogens (tertiary/aromatic N) is 2. The van der Waals surface area contributed by atoms with Crippen molar-refractivity contribution in [2.45, 2.75) is 13.0 Å². The molecule has 1 aromatic carbocycles. The minimum atomic E-state index is 0.323. The number of likely N-dealkylation sites (N-methyl/N-ethyl adjacent to an activating group) is 1. The maximum Gasteiger partial charge on any atom is 0.125 e. The standard InChI is InChI=1S/C15H19BrN4/c1-10-14(11-4-3-5-12(16)8-11)19-15(18-10)13-9-17-6-7-20(13)2/h3-5,8,13,17H,6-7,9H2,1-2H3,(H,18,19). The summed E-state index contributed by atoms with van der Waals surface area (Å²) in [6.45, 7) is 5.13. The van der Waals surface area contributed by atoms with Crippen molar-refractivity contribution in [2.75, 3.05) is 26.7 Å². The van der Waals surface area contributed by atoms with Gasteiger partial charge in [0, 0.05) is 35.4 Å². The van der Waals surface area contributed by atoms with E-state index in [9.17, 15) is 0 Å². The van der Waals surface area contributed by atoms with Crippen LogP contribution in [0.1, 0.15) is 17.6 Å². The molecule has 3 rings (SSSR count). The van der Waals surface area contributed by atoms with Crippen LogP contribution in [0.3, 0.4) is 0 Å². The highest BCUT2D eigenvalue weighted by atomic mass is 79.9. The van der Waals surface area contributed by atoms with E-state index < -0.39 is 0 Å². The quantitative estimate of drug-likeness (QED) is 0.887. The molecule has 1 aromatic heterocycles. The Hall–Kier alpha value is -1.17. The highest BCUT2D eigenvalue weighted by Gasteiger charge is 2.24. The summed E-state index contributed by atoms with van der Waals surface area (Å²) in [5, 5.41) is 3.43. The minimum absolute atomic E-state index is 0.323. The first-order chi connectivity index (χ1) is 9.65. The Balaban J connectivity index is 1.94. The molecule has 106 valence electrons. The van der Waals surface area contributed by atoms with E-state index >= 15 is 0 Å². The van der Waals surface area contributed by atoms with Gasteiger partial charge in [0.05, 0.1) is 11.7 Å². The Bertz CT molecular complexity index is 608. The summed E-state index contributed by atoms with van der Waals surface area (Å²) in [6, 6.07) is 8.60. The average Bonchev–Trinajstić information content (AvgIpc) is 2.81. The number of aryl methyl sites for hydroxylation is 1. The van der Waals surface area contributed by atoms with Crippen LogP contribution >= 0.6 is 15.9 Å². The van der Waals surface area contributed by atoms with E-state index in [0.29, 0.717) is 6.04 Å². The summed E-state index contributed by atoms with van der Waals surface area (Å²) < 4.78 is 1.08. The van der Waals surface area contributed by atoms with Gasteiger partial charge in [0.2, 0.25) is 0 Å². The maximum atomic E-state index is 4.84. The Morgan fingerprint density at radius 2 is 2.25 bits per heavy atom. The predicted molar refractivity (Wildman–Crippen MR) is 84.7 cm³/mol. The molecule has 0 saturated carbocycles. The number of hydrogen-bond acceptors (Lipinski definition) is 3. The molecule has 20 heavy (non-hydrogen) atoms. The third-order valence-corrected chi connectivity index (χ3v) is 4.32. The summed E-state index contributed by atoms with van der Waals surface area (Å²) in [4.78, 5) is 10.6. The van der Waals surface area contributed by atoms with Crippen LogP contribution in [-0.2, 0) is 0 Å². The van der Waals surface area contributed by atoms with E-state index in [2.05, 4.69) is 57.2 Å². The van der Waals surface area contributed by atoms with Crippen molar-refractivity contribution in [1.82, 2.24) is 20.2 Å². The monoisotopic (exact) mass is 334 g/mol. The number of aromatic nitrogens is 2. The maximum absolute atomic E-state index is 4.84. The van der Waals surface area contributed by atoms with Crippen LogP contribution < -0.4 is 5.32 Å². The van der Waals surface area contributed by atoms with Gasteiger partial charge in [0.25, 0.3) is 0 Å². The van der Waals surface area contributed by atoms with Gasteiger partial charge in [-0.3, -0.25) is 4.90 Å². The van der Waals surface area contributed by atoms with Crippen LogP contribution in [0, 0.1) is 6.92 Å². The molecule has 0 bridgehead atoms. The molecule has 1 atom stereocenters. The van der Waals surface area contributed by atoms with Crippen LogP contribution in [0.5, 0.6) is 0 Å². The number of benzene rings is 1. The molecule has 2 N–H and O–H groups in total. The lowest BCUT2D eigenvalue weighted by molar-refractivity contribution is 0.195. The van der Waals surface area contributed by atoms with Crippen molar-refractivity contribution in [1.29, 1.82) is 0 Å². The number of nitrogens with one attached hydrogen (secondary N) is 2. The molecule has 0 radical (unpaired) electrons. The van der Waals surface area contributed by atoms with Gasteiger partial charge in [0.1, 0.15) is 5.82 Å². The SMILES string of the molecule is Cc1[nH]c(C2CNCCN2C)nc1-c1cccc(Br)c1. The summed E-state index contributed by atoms with van der Waals surface area (Å²) >= 11 is 3.52. The van der Waals surface area contributed by atoms with Crippen molar-refractivity contribution < 1.29 is 0 Å². The fraction of sp³-hybridized carbons (Fsp3) is 0.400. The first-order valence-corrected chi connectivity index (χ1v) is 7.68. The molecule has 1 aliphatic heterocycles. The molecule has 0 spiro atoms. The van der Waals surface area contributed by atoms with Crippen LogP contribution in [0.25, 0.3) is 11.3 Å². The smallest absolute Gasteiger partial charge is 0.125 e. The van der Waals surface area contributed by atoms with Gasteiger partial charge in [-0.2, -0.15) is 0 Å². The summed E-state index contributed by atoms with van der Waals surface area (Å²) in [5.74, 6) is 1.05. The lowest BCUT2D eigenvalue weighted by atomic mass is 10.1. The molecular formula is C15H19BrN4. The van der Waals surface area contributed by atoms with Gasteiger partial charge in [0.15, 0.2) is 0 Å². The zero-order valence-electron chi connectivity index (χ0n) is 11.8. The highest BCUT2D eigenvalue weighted by molar-refractivity contribution is 9.10. The predicted octanol–water partition coefficient (Wildman–Crippen LogP) is 2.72. The molecule has 1 aliphatic rings. The first-order valence-electron chi connectivity index (χ1n) is 6.88. The van der Waals surface area contributed by atoms with Crippen molar-refractivity contribution >= 4 is 15.9 Å². The van der Waals surface area contributed by atoms with Gasteiger partial charge in [-0.25, -0.2) is 4.98 Å². The first kappa shape index (κ1) is 13.8. The summed E-state index contributed by atoms with van der Waals surface area (Å²) in [5.41, 5.74) is 3.31. The molecule has 1 saturated heterocycles. The van der Waals surface area contributed by atoms with Crippen LogP contribution in [-0.4, -0.2) is 41.5 Å². The zero-order chi connectivity index (χ0) is 14.1. The second-order valence-electron chi connectivity index (χ2n) is 5.31. The van der Waals surface area contributed by atoms with Gasteiger partial charge in [-0.1, -0.05) is 28.1 Å². The average molecular weight is 335 g/mol. The Labute approximate surface area is 127 Å². The highest BCUT2D eigenvalue weighted by Crippen LogP contribution is 2.27. The Morgan fingerprint density at radius 3 is 3.00 bits per heavy atom.